The van der Waals surface area contributed by atoms with Crippen LogP contribution in [0.15, 0.2) is 73.1 Å². The molecule has 2 aliphatic heterocycles. The number of amides is 2. The number of fused-ring (bicyclic) bond motifs is 1. The number of para-hydroxylation sites is 1. The minimum atomic E-state index is -0.940. The van der Waals surface area contributed by atoms with Gasteiger partial charge in [-0.15, -0.1) is 0 Å². The molecule has 0 aliphatic carbocycles. The van der Waals surface area contributed by atoms with Crippen LogP contribution >= 0.6 is 23.2 Å². The summed E-state index contributed by atoms with van der Waals surface area (Å²) in [7, 11) is 0. The molecule has 5 rings (SSSR count). The second-order valence-electron chi connectivity index (χ2n) is 7.05. The van der Waals surface area contributed by atoms with Gasteiger partial charge in [0.15, 0.2) is 6.10 Å². The molecular formula is C22H15Cl2N3O3. The summed E-state index contributed by atoms with van der Waals surface area (Å²) < 4.78 is 0. The van der Waals surface area contributed by atoms with Crippen LogP contribution in [0.3, 0.4) is 0 Å². The molecule has 6 nitrogen and oxygen atoms in total. The molecule has 3 aromatic rings. The number of hydroxylamine groups is 1. The van der Waals surface area contributed by atoms with Gasteiger partial charge in [-0.3, -0.25) is 19.4 Å². The summed E-state index contributed by atoms with van der Waals surface area (Å²) in [5.41, 5.74) is 1.96. The van der Waals surface area contributed by atoms with Gasteiger partial charge in [0.1, 0.15) is 5.92 Å². The maximum atomic E-state index is 13.5. The minimum Gasteiger partial charge on any atom is -0.273 e. The minimum absolute atomic E-state index is 0.268. The van der Waals surface area contributed by atoms with Crippen LogP contribution in [0.1, 0.15) is 11.6 Å². The van der Waals surface area contributed by atoms with Crippen LogP contribution in [0.25, 0.3) is 0 Å². The fourth-order valence-electron chi connectivity index (χ4n) is 3.99. The second-order valence-corrected chi connectivity index (χ2v) is 7.86. The SMILES string of the molecule is O=C1[C@@H]2[C@@H](ON(c3ccccc3)[C@H]2c2ccncc2)C(=O)N1c1ccc(Cl)c(Cl)c1. The number of nitrogens with zero attached hydrogens (tertiary/aromatic N) is 3. The molecular weight excluding hydrogens is 425 g/mol. The number of hydrogen-bond acceptors (Lipinski definition) is 5. The molecule has 0 radical (unpaired) electrons. The quantitative estimate of drug-likeness (QED) is 0.564. The number of imide groups is 1. The van der Waals surface area contributed by atoms with Crippen molar-refractivity contribution in [1.82, 2.24) is 4.98 Å². The highest BCUT2D eigenvalue weighted by Gasteiger charge is 2.60. The van der Waals surface area contributed by atoms with Crippen molar-refractivity contribution in [2.45, 2.75) is 12.1 Å². The predicted molar refractivity (Wildman–Crippen MR) is 113 cm³/mol. The molecule has 0 unspecified atom stereocenters. The number of aromatic nitrogens is 1. The monoisotopic (exact) mass is 439 g/mol. The average Bonchev–Trinajstić information content (AvgIpc) is 3.28. The summed E-state index contributed by atoms with van der Waals surface area (Å²) in [6.07, 6.45) is 2.37. The normalized spacial score (nSPS) is 23.2. The van der Waals surface area contributed by atoms with Crippen molar-refractivity contribution in [2.24, 2.45) is 5.92 Å². The Balaban J connectivity index is 1.58. The molecule has 0 N–H and O–H groups in total. The Bertz CT molecular complexity index is 1130. The molecule has 3 atom stereocenters. The van der Waals surface area contributed by atoms with Crippen molar-refractivity contribution in [1.29, 1.82) is 0 Å². The predicted octanol–water partition coefficient (Wildman–Crippen LogP) is 4.44. The van der Waals surface area contributed by atoms with Crippen molar-refractivity contribution in [3.63, 3.8) is 0 Å². The Hall–Kier alpha value is -2.93. The lowest BCUT2D eigenvalue weighted by Gasteiger charge is -2.28. The molecule has 2 aliphatic rings. The zero-order valence-corrected chi connectivity index (χ0v) is 17.0. The molecule has 0 saturated carbocycles. The van der Waals surface area contributed by atoms with E-state index in [1.165, 1.54) is 6.07 Å². The molecule has 2 fully saturated rings. The Kier molecular flexibility index (Phi) is 4.70. The Morgan fingerprint density at radius 2 is 1.57 bits per heavy atom. The first-order chi connectivity index (χ1) is 14.6. The number of carbonyl (C=O) groups is 2. The van der Waals surface area contributed by atoms with Gasteiger partial charge in [-0.25, -0.2) is 9.96 Å². The third-order valence-electron chi connectivity index (χ3n) is 5.34. The average molecular weight is 440 g/mol. The van der Waals surface area contributed by atoms with Gasteiger partial charge >= 0.3 is 0 Å². The molecule has 2 saturated heterocycles. The molecule has 8 heteroatoms. The van der Waals surface area contributed by atoms with Gasteiger partial charge in [0.2, 0.25) is 5.91 Å². The van der Waals surface area contributed by atoms with E-state index < -0.39 is 24.0 Å². The van der Waals surface area contributed by atoms with Crippen LogP contribution in [0, 0.1) is 5.92 Å². The van der Waals surface area contributed by atoms with Gasteiger partial charge in [0, 0.05) is 12.4 Å². The summed E-state index contributed by atoms with van der Waals surface area (Å²) in [4.78, 5) is 37.9. The Morgan fingerprint density at radius 1 is 0.833 bits per heavy atom. The number of benzene rings is 2. The first-order valence-electron chi connectivity index (χ1n) is 9.30. The van der Waals surface area contributed by atoms with E-state index in [9.17, 15) is 9.59 Å². The number of pyridine rings is 1. The van der Waals surface area contributed by atoms with Gasteiger partial charge in [0.05, 0.1) is 27.5 Å². The van der Waals surface area contributed by atoms with Crippen molar-refractivity contribution < 1.29 is 14.4 Å². The van der Waals surface area contributed by atoms with Crippen LogP contribution < -0.4 is 9.96 Å². The van der Waals surface area contributed by atoms with Crippen LogP contribution in [-0.4, -0.2) is 22.9 Å². The van der Waals surface area contributed by atoms with Gasteiger partial charge in [-0.1, -0.05) is 41.4 Å². The number of hydrogen-bond donors (Lipinski definition) is 0. The van der Waals surface area contributed by atoms with E-state index in [4.69, 9.17) is 28.0 Å². The maximum Gasteiger partial charge on any atom is 0.266 e. The largest absolute Gasteiger partial charge is 0.273 e. The van der Waals surface area contributed by atoms with Crippen LogP contribution in [-0.2, 0) is 14.4 Å². The fraction of sp³-hybridized carbons (Fsp3) is 0.136. The first-order valence-corrected chi connectivity index (χ1v) is 10.1. The molecule has 0 spiro atoms. The molecule has 1 aromatic heterocycles. The van der Waals surface area contributed by atoms with E-state index in [0.29, 0.717) is 10.7 Å². The molecule has 30 heavy (non-hydrogen) atoms. The van der Waals surface area contributed by atoms with E-state index in [0.717, 1.165) is 16.2 Å². The van der Waals surface area contributed by atoms with Gasteiger partial charge in [-0.2, -0.15) is 0 Å². The van der Waals surface area contributed by atoms with E-state index >= 15 is 0 Å². The van der Waals surface area contributed by atoms with Crippen molar-refractivity contribution >= 4 is 46.4 Å². The van der Waals surface area contributed by atoms with Gasteiger partial charge in [-0.05, 0) is 48.0 Å². The van der Waals surface area contributed by atoms with Gasteiger partial charge in [0.25, 0.3) is 5.91 Å². The molecule has 3 heterocycles. The number of anilines is 2. The topological polar surface area (TPSA) is 62.7 Å². The lowest BCUT2D eigenvalue weighted by Crippen LogP contribution is -2.37. The smallest absolute Gasteiger partial charge is 0.266 e. The van der Waals surface area contributed by atoms with Crippen molar-refractivity contribution in [2.75, 3.05) is 9.96 Å². The van der Waals surface area contributed by atoms with E-state index in [1.54, 1.807) is 29.6 Å². The van der Waals surface area contributed by atoms with Crippen LogP contribution in [0.5, 0.6) is 0 Å². The van der Waals surface area contributed by atoms with Crippen LogP contribution in [0.2, 0.25) is 10.0 Å². The molecule has 2 amide bonds. The highest BCUT2D eigenvalue weighted by atomic mass is 35.5. The molecule has 150 valence electrons. The summed E-state index contributed by atoms with van der Waals surface area (Å²) in [5, 5.41) is 2.26. The summed E-state index contributed by atoms with van der Waals surface area (Å²) >= 11 is 12.1. The number of halogens is 2. The van der Waals surface area contributed by atoms with E-state index in [1.807, 2.05) is 42.5 Å². The zero-order chi connectivity index (χ0) is 20.8. The summed E-state index contributed by atoms with van der Waals surface area (Å²) in [5.74, 6) is -1.49. The van der Waals surface area contributed by atoms with Crippen molar-refractivity contribution in [3.8, 4) is 0 Å². The molecule has 2 aromatic carbocycles. The Morgan fingerprint density at radius 3 is 2.27 bits per heavy atom. The highest BCUT2D eigenvalue weighted by molar-refractivity contribution is 6.42. The summed E-state index contributed by atoms with van der Waals surface area (Å²) in [6.45, 7) is 0. The standard InChI is InChI=1S/C22H15Cl2N3O3/c23-16-7-6-15(12-17(16)24)26-21(28)18-19(13-8-10-25-11-9-13)27(30-20(18)22(26)29)14-4-2-1-3-5-14/h1-12,18-20H/t18-,19-,20+/m0/s1. The second kappa shape index (κ2) is 7.40. The summed E-state index contributed by atoms with van der Waals surface area (Å²) in [6, 6.07) is 17.2. The number of carbonyl (C=O) groups excluding carboxylic acids is 2. The van der Waals surface area contributed by atoms with Crippen LogP contribution in [0.4, 0.5) is 11.4 Å². The molecule has 0 bridgehead atoms. The Labute approximate surface area is 182 Å². The van der Waals surface area contributed by atoms with E-state index in [2.05, 4.69) is 4.98 Å². The first kappa shape index (κ1) is 19.1. The zero-order valence-electron chi connectivity index (χ0n) is 15.5. The maximum absolute atomic E-state index is 13.5. The van der Waals surface area contributed by atoms with Gasteiger partial charge < -0.3 is 0 Å². The lowest BCUT2D eigenvalue weighted by molar-refractivity contribution is -0.126. The number of rotatable bonds is 3. The van der Waals surface area contributed by atoms with E-state index in [-0.39, 0.29) is 10.9 Å². The third-order valence-corrected chi connectivity index (χ3v) is 6.07. The fourth-order valence-corrected chi connectivity index (χ4v) is 4.28. The van der Waals surface area contributed by atoms with Crippen molar-refractivity contribution in [3.05, 3.63) is 88.7 Å². The third kappa shape index (κ3) is 2.96. The highest BCUT2D eigenvalue weighted by Crippen LogP contribution is 2.47. The lowest BCUT2D eigenvalue weighted by atomic mass is 9.91.